The summed E-state index contributed by atoms with van der Waals surface area (Å²) in [7, 11) is 0. The summed E-state index contributed by atoms with van der Waals surface area (Å²) in [6.45, 7) is 5.20. The lowest BCUT2D eigenvalue weighted by molar-refractivity contribution is 0.0768. The van der Waals surface area contributed by atoms with Crippen LogP contribution < -0.4 is 4.74 Å². The predicted molar refractivity (Wildman–Crippen MR) is 111 cm³/mol. The van der Waals surface area contributed by atoms with E-state index < -0.39 is 5.82 Å². The highest BCUT2D eigenvalue weighted by Gasteiger charge is 2.17. The maximum absolute atomic E-state index is 13.9. The Morgan fingerprint density at radius 3 is 2.68 bits per heavy atom. The van der Waals surface area contributed by atoms with Crippen molar-refractivity contribution in [2.45, 2.75) is 20.5 Å². The van der Waals surface area contributed by atoms with Crippen LogP contribution in [-0.2, 0) is 6.61 Å². The molecule has 28 heavy (non-hydrogen) atoms. The van der Waals surface area contributed by atoms with Crippen molar-refractivity contribution in [3.63, 3.8) is 0 Å². The highest BCUT2D eigenvalue weighted by atomic mass is 35.5. The summed E-state index contributed by atoms with van der Waals surface area (Å²) in [5.74, 6) is 0.0980. The summed E-state index contributed by atoms with van der Waals surface area (Å²) in [6.07, 6.45) is 0. The van der Waals surface area contributed by atoms with Gasteiger partial charge in [0.2, 0.25) is 0 Å². The standard InChI is InChI=1S/C21H20ClFN2O2S/c1-3-25(4-2)21(26)19-13-28-20(24-19)14-7-5-8-15(11-14)27-12-16-17(22)9-6-10-18(16)23/h5-11,13H,3-4,12H2,1-2H3. The first-order chi connectivity index (χ1) is 13.5. The molecule has 1 amide bonds. The van der Waals surface area contributed by atoms with Gasteiger partial charge in [-0.25, -0.2) is 9.37 Å². The van der Waals surface area contributed by atoms with Crippen molar-refractivity contribution < 1.29 is 13.9 Å². The Bertz CT molecular complexity index is 952. The molecule has 0 aliphatic rings. The number of hydrogen-bond donors (Lipinski definition) is 0. The Morgan fingerprint density at radius 1 is 1.21 bits per heavy atom. The van der Waals surface area contributed by atoms with Crippen molar-refractivity contribution in [3.8, 4) is 16.3 Å². The zero-order valence-electron chi connectivity index (χ0n) is 15.6. The van der Waals surface area contributed by atoms with E-state index in [0.29, 0.717) is 35.1 Å². The van der Waals surface area contributed by atoms with E-state index in [1.807, 2.05) is 32.0 Å². The van der Waals surface area contributed by atoms with E-state index in [9.17, 15) is 9.18 Å². The van der Waals surface area contributed by atoms with E-state index in [4.69, 9.17) is 16.3 Å². The van der Waals surface area contributed by atoms with Crippen LogP contribution in [0.1, 0.15) is 29.9 Å². The van der Waals surface area contributed by atoms with Crippen molar-refractivity contribution in [2.24, 2.45) is 0 Å². The second-order valence-corrected chi connectivity index (χ2v) is 7.30. The van der Waals surface area contributed by atoms with Crippen molar-refractivity contribution in [2.75, 3.05) is 13.1 Å². The molecule has 0 aliphatic carbocycles. The fraction of sp³-hybridized carbons (Fsp3) is 0.238. The van der Waals surface area contributed by atoms with Crippen molar-refractivity contribution in [3.05, 3.63) is 69.9 Å². The largest absolute Gasteiger partial charge is 0.489 e. The lowest BCUT2D eigenvalue weighted by atomic mass is 10.2. The summed E-state index contributed by atoms with van der Waals surface area (Å²) in [6, 6.07) is 11.9. The fourth-order valence-electron chi connectivity index (χ4n) is 2.72. The molecule has 1 aromatic heterocycles. The molecule has 146 valence electrons. The molecule has 7 heteroatoms. The zero-order valence-corrected chi connectivity index (χ0v) is 17.2. The van der Waals surface area contributed by atoms with Gasteiger partial charge < -0.3 is 9.64 Å². The van der Waals surface area contributed by atoms with Gasteiger partial charge in [-0.15, -0.1) is 11.3 Å². The molecule has 1 heterocycles. The average Bonchev–Trinajstić information content (AvgIpc) is 3.19. The van der Waals surface area contributed by atoms with Gasteiger partial charge in [0, 0.05) is 29.6 Å². The van der Waals surface area contributed by atoms with Gasteiger partial charge in [-0.05, 0) is 38.1 Å². The summed E-state index contributed by atoms with van der Waals surface area (Å²) >= 11 is 7.44. The highest BCUT2D eigenvalue weighted by molar-refractivity contribution is 7.13. The quantitative estimate of drug-likeness (QED) is 0.497. The molecule has 0 spiro atoms. The summed E-state index contributed by atoms with van der Waals surface area (Å²) in [5.41, 5.74) is 1.59. The van der Waals surface area contributed by atoms with Gasteiger partial charge in [0.1, 0.15) is 28.9 Å². The van der Waals surface area contributed by atoms with Gasteiger partial charge in [-0.2, -0.15) is 0 Å². The van der Waals surface area contributed by atoms with E-state index >= 15 is 0 Å². The van der Waals surface area contributed by atoms with Crippen LogP contribution >= 0.6 is 22.9 Å². The number of rotatable bonds is 7. The molecule has 3 rings (SSSR count). The monoisotopic (exact) mass is 418 g/mol. The molecule has 0 bridgehead atoms. The summed E-state index contributed by atoms with van der Waals surface area (Å²) in [4.78, 5) is 18.6. The third kappa shape index (κ3) is 4.51. The number of amides is 1. The van der Waals surface area contributed by atoms with Crippen molar-refractivity contribution in [1.82, 2.24) is 9.88 Å². The predicted octanol–water partition coefficient (Wildman–Crippen LogP) is 5.66. The number of benzene rings is 2. The number of carbonyl (C=O) groups excluding carboxylic acids is 1. The van der Waals surface area contributed by atoms with Gasteiger partial charge >= 0.3 is 0 Å². The molecule has 0 saturated heterocycles. The molecular formula is C21H20ClFN2O2S. The smallest absolute Gasteiger partial charge is 0.273 e. The Balaban J connectivity index is 1.76. The Hall–Kier alpha value is -2.44. The molecule has 2 aromatic carbocycles. The van der Waals surface area contributed by atoms with Crippen LogP contribution in [0.2, 0.25) is 5.02 Å². The normalized spacial score (nSPS) is 10.7. The first-order valence-corrected chi connectivity index (χ1v) is 10.2. The third-order valence-corrected chi connectivity index (χ3v) is 5.55. The lowest BCUT2D eigenvalue weighted by Crippen LogP contribution is -2.30. The second-order valence-electron chi connectivity index (χ2n) is 6.03. The van der Waals surface area contributed by atoms with Gasteiger partial charge in [0.15, 0.2) is 0 Å². The summed E-state index contributed by atoms with van der Waals surface area (Å²) < 4.78 is 19.6. The van der Waals surface area contributed by atoms with Crippen LogP contribution in [0.15, 0.2) is 47.8 Å². The molecular weight excluding hydrogens is 399 g/mol. The molecule has 4 nitrogen and oxygen atoms in total. The zero-order chi connectivity index (χ0) is 20.1. The Morgan fingerprint density at radius 2 is 1.96 bits per heavy atom. The Labute approximate surface area is 172 Å². The van der Waals surface area contributed by atoms with E-state index in [0.717, 1.165) is 10.6 Å². The van der Waals surface area contributed by atoms with Crippen LogP contribution in [0.5, 0.6) is 5.75 Å². The number of halogens is 2. The number of thiazole rings is 1. The van der Waals surface area contributed by atoms with E-state index in [1.54, 1.807) is 28.5 Å². The molecule has 0 radical (unpaired) electrons. The van der Waals surface area contributed by atoms with Gasteiger partial charge in [-0.1, -0.05) is 29.8 Å². The van der Waals surface area contributed by atoms with Crippen LogP contribution in [0.4, 0.5) is 4.39 Å². The van der Waals surface area contributed by atoms with Crippen LogP contribution in [-0.4, -0.2) is 28.9 Å². The minimum Gasteiger partial charge on any atom is -0.489 e. The molecule has 0 fully saturated rings. The van der Waals surface area contributed by atoms with E-state index in [-0.39, 0.29) is 12.5 Å². The summed E-state index contributed by atoms with van der Waals surface area (Å²) in [5, 5.41) is 2.82. The minimum atomic E-state index is -0.400. The van der Waals surface area contributed by atoms with Gasteiger partial charge in [0.25, 0.3) is 5.91 Å². The van der Waals surface area contributed by atoms with Gasteiger partial charge in [0.05, 0.1) is 5.02 Å². The first-order valence-electron chi connectivity index (χ1n) is 8.94. The minimum absolute atomic E-state index is 0.0263. The van der Waals surface area contributed by atoms with Crippen molar-refractivity contribution >= 4 is 28.8 Å². The topological polar surface area (TPSA) is 42.4 Å². The maximum atomic E-state index is 13.9. The number of carbonyl (C=O) groups is 1. The molecule has 0 saturated carbocycles. The Kier molecular flexibility index (Phi) is 6.65. The van der Waals surface area contributed by atoms with Crippen molar-refractivity contribution in [1.29, 1.82) is 0 Å². The highest BCUT2D eigenvalue weighted by Crippen LogP contribution is 2.28. The molecule has 0 atom stereocenters. The second kappa shape index (κ2) is 9.17. The molecule has 0 aliphatic heterocycles. The molecule has 0 unspecified atom stereocenters. The lowest BCUT2D eigenvalue weighted by Gasteiger charge is -2.16. The molecule has 3 aromatic rings. The number of nitrogens with zero attached hydrogens (tertiary/aromatic N) is 2. The van der Waals surface area contributed by atoms with E-state index in [1.165, 1.54) is 17.4 Å². The van der Waals surface area contributed by atoms with Crippen LogP contribution in [0.3, 0.4) is 0 Å². The first kappa shape index (κ1) is 20.3. The number of ether oxygens (including phenoxy) is 1. The third-order valence-electron chi connectivity index (χ3n) is 4.30. The SMILES string of the molecule is CCN(CC)C(=O)c1csc(-c2cccc(OCc3c(F)cccc3Cl)c2)n1. The van der Waals surface area contributed by atoms with E-state index in [2.05, 4.69) is 4.98 Å². The molecule has 0 N–H and O–H groups in total. The number of hydrogen-bond acceptors (Lipinski definition) is 4. The fourth-order valence-corrected chi connectivity index (χ4v) is 3.73. The van der Waals surface area contributed by atoms with Crippen LogP contribution in [0, 0.1) is 5.82 Å². The van der Waals surface area contributed by atoms with Gasteiger partial charge in [-0.3, -0.25) is 4.79 Å². The number of aromatic nitrogens is 1. The van der Waals surface area contributed by atoms with Crippen LogP contribution in [0.25, 0.3) is 10.6 Å². The maximum Gasteiger partial charge on any atom is 0.273 e. The average molecular weight is 419 g/mol.